The van der Waals surface area contributed by atoms with E-state index in [1.807, 2.05) is 66.7 Å². The van der Waals surface area contributed by atoms with Gasteiger partial charge in [-0.2, -0.15) is 0 Å². The summed E-state index contributed by atoms with van der Waals surface area (Å²) in [5.41, 5.74) is 3.02. The second-order valence-electron chi connectivity index (χ2n) is 9.11. The lowest BCUT2D eigenvalue weighted by atomic mass is 10.0. The first-order chi connectivity index (χ1) is 17.3. The first kappa shape index (κ1) is 28.1. The quantitative estimate of drug-likeness (QED) is 0.279. The van der Waals surface area contributed by atoms with Crippen LogP contribution >= 0.6 is 35.0 Å². The van der Waals surface area contributed by atoms with Gasteiger partial charge in [0.1, 0.15) is 6.04 Å². The predicted molar refractivity (Wildman–Crippen MR) is 151 cm³/mol. The summed E-state index contributed by atoms with van der Waals surface area (Å²) < 4.78 is 0. The molecule has 36 heavy (non-hydrogen) atoms. The first-order valence-electron chi connectivity index (χ1n) is 12.0. The third-order valence-corrected chi connectivity index (χ3v) is 7.12. The Morgan fingerprint density at radius 2 is 1.42 bits per heavy atom. The van der Waals surface area contributed by atoms with Crippen molar-refractivity contribution >= 4 is 46.8 Å². The average Bonchev–Trinajstić information content (AvgIpc) is 2.87. The molecule has 0 unspecified atom stereocenters. The number of thioether (sulfide) groups is 1. The molecule has 0 aliphatic carbocycles. The van der Waals surface area contributed by atoms with Crippen molar-refractivity contribution < 1.29 is 9.59 Å². The van der Waals surface area contributed by atoms with Crippen LogP contribution in [0, 0.1) is 5.92 Å². The Bertz CT molecular complexity index is 1110. The van der Waals surface area contributed by atoms with Crippen LogP contribution in [0.3, 0.4) is 0 Å². The lowest BCUT2D eigenvalue weighted by molar-refractivity contribution is -0.139. The van der Waals surface area contributed by atoms with Gasteiger partial charge < -0.3 is 10.2 Å². The highest BCUT2D eigenvalue weighted by atomic mass is 35.5. The Hall–Kier alpha value is -2.47. The van der Waals surface area contributed by atoms with Crippen LogP contribution in [0.5, 0.6) is 0 Å². The van der Waals surface area contributed by atoms with Gasteiger partial charge in [-0.25, -0.2) is 0 Å². The zero-order chi connectivity index (χ0) is 25.9. The van der Waals surface area contributed by atoms with Crippen LogP contribution in [0.4, 0.5) is 0 Å². The maximum Gasteiger partial charge on any atom is 0.243 e. The summed E-state index contributed by atoms with van der Waals surface area (Å²) in [7, 11) is 0. The third-order valence-electron chi connectivity index (χ3n) is 5.63. The molecule has 1 N–H and O–H groups in total. The van der Waals surface area contributed by atoms with E-state index < -0.39 is 6.04 Å². The van der Waals surface area contributed by atoms with Gasteiger partial charge in [-0.15, -0.1) is 11.8 Å². The van der Waals surface area contributed by atoms with Crippen LogP contribution in [-0.4, -0.2) is 35.1 Å². The number of carbonyl (C=O) groups is 2. The highest BCUT2D eigenvalue weighted by molar-refractivity contribution is 7.99. The fraction of sp³-hybridized carbons (Fsp3) is 0.310. The molecule has 0 spiro atoms. The number of rotatable bonds is 12. The summed E-state index contributed by atoms with van der Waals surface area (Å²) in [4.78, 5) is 28.7. The van der Waals surface area contributed by atoms with Gasteiger partial charge in [-0.05, 0) is 46.9 Å². The molecule has 3 rings (SSSR count). The van der Waals surface area contributed by atoms with Crippen molar-refractivity contribution in [3.63, 3.8) is 0 Å². The molecule has 3 aromatic rings. The van der Waals surface area contributed by atoms with Gasteiger partial charge in [-0.3, -0.25) is 9.59 Å². The topological polar surface area (TPSA) is 49.4 Å². The molecule has 0 heterocycles. The average molecular weight is 544 g/mol. The molecule has 0 radical (unpaired) electrons. The number of halogens is 2. The van der Waals surface area contributed by atoms with Gasteiger partial charge >= 0.3 is 0 Å². The summed E-state index contributed by atoms with van der Waals surface area (Å²) in [6.45, 7) is 4.98. The van der Waals surface area contributed by atoms with Crippen molar-refractivity contribution in [3.05, 3.63) is 106 Å². The van der Waals surface area contributed by atoms with Gasteiger partial charge in [0.15, 0.2) is 0 Å². The summed E-state index contributed by atoms with van der Waals surface area (Å²) >= 11 is 13.6. The molecule has 4 nitrogen and oxygen atoms in total. The smallest absolute Gasteiger partial charge is 0.243 e. The van der Waals surface area contributed by atoms with Gasteiger partial charge in [0.25, 0.3) is 0 Å². The Morgan fingerprint density at radius 3 is 2.00 bits per heavy atom. The highest BCUT2D eigenvalue weighted by Crippen LogP contribution is 2.20. The Kier molecular flexibility index (Phi) is 11.2. The Labute approximate surface area is 228 Å². The maximum atomic E-state index is 13.6. The van der Waals surface area contributed by atoms with Crippen LogP contribution in [0.2, 0.25) is 10.0 Å². The highest BCUT2D eigenvalue weighted by Gasteiger charge is 2.30. The minimum atomic E-state index is -0.634. The SMILES string of the molecule is CC(C)CNC(=O)[C@H](Cc1ccccc1)N(Cc1ccc(Cl)cc1)C(=O)CSCc1ccc(Cl)cc1. The fourth-order valence-electron chi connectivity index (χ4n) is 3.68. The monoisotopic (exact) mass is 542 g/mol. The van der Waals surface area contributed by atoms with Crippen LogP contribution in [0.25, 0.3) is 0 Å². The van der Waals surface area contributed by atoms with E-state index in [1.54, 1.807) is 17.0 Å². The van der Waals surface area contributed by atoms with E-state index in [-0.39, 0.29) is 17.6 Å². The van der Waals surface area contributed by atoms with Crippen molar-refractivity contribution in [2.45, 2.75) is 38.6 Å². The largest absolute Gasteiger partial charge is 0.354 e. The maximum absolute atomic E-state index is 13.6. The summed E-state index contributed by atoms with van der Waals surface area (Å²) in [6.07, 6.45) is 0.436. The van der Waals surface area contributed by atoms with Gasteiger partial charge in [0.05, 0.1) is 5.75 Å². The zero-order valence-corrected chi connectivity index (χ0v) is 23.0. The molecule has 0 bridgehead atoms. The van der Waals surface area contributed by atoms with Crippen molar-refractivity contribution in [1.82, 2.24) is 10.2 Å². The minimum absolute atomic E-state index is 0.0791. The molecule has 0 aliphatic heterocycles. The third kappa shape index (κ3) is 9.20. The lowest BCUT2D eigenvalue weighted by Crippen LogP contribution is -2.51. The van der Waals surface area contributed by atoms with E-state index in [4.69, 9.17) is 23.2 Å². The van der Waals surface area contributed by atoms with E-state index in [1.165, 1.54) is 11.8 Å². The molecular weight excluding hydrogens is 511 g/mol. The standard InChI is InChI=1S/C29H32Cl2N2O2S/c1-21(2)17-32-29(35)27(16-22-6-4-3-5-7-22)33(18-23-8-12-25(30)13-9-23)28(34)20-36-19-24-10-14-26(31)15-11-24/h3-15,21,27H,16-20H2,1-2H3,(H,32,35)/t27-/m0/s1. The first-order valence-corrected chi connectivity index (χ1v) is 13.9. The van der Waals surface area contributed by atoms with Crippen LogP contribution in [0.1, 0.15) is 30.5 Å². The van der Waals surface area contributed by atoms with Crippen LogP contribution in [0.15, 0.2) is 78.9 Å². The predicted octanol–water partition coefficient (Wildman–Crippen LogP) is 6.64. The number of nitrogens with one attached hydrogen (secondary N) is 1. The second-order valence-corrected chi connectivity index (χ2v) is 11.0. The van der Waals surface area contributed by atoms with E-state index >= 15 is 0 Å². The number of hydrogen-bond acceptors (Lipinski definition) is 3. The van der Waals surface area contributed by atoms with Gasteiger partial charge in [0.2, 0.25) is 11.8 Å². The number of benzene rings is 3. The molecule has 190 valence electrons. The summed E-state index contributed by atoms with van der Waals surface area (Å²) in [5, 5.41) is 4.36. The fourth-order valence-corrected chi connectivity index (χ4v) is 4.81. The molecule has 0 saturated carbocycles. The van der Waals surface area contributed by atoms with Crippen LogP contribution in [-0.2, 0) is 28.3 Å². The molecule has 7 heteroatoms. The Balaban J connectivity index is 1.82. The van der Waals surface area contributed by atoms with Crippen molar-refractivity contribution in [1.29, 1.82) is 0 Å². The van der Waals surface area contributed by atoms with Crippen molar-refractivity contribution in [3.8, 4) is 0 Å². The molecule has 0 aliphatic rings. The molecule has 0 fully saturated rings. The van der Waals surface area contributed by atoms with E-state index in [0.29, 0.717) is 41.2 Å². The minimum Gasteiger partial charge on any atom is -0.354 e. The van der Waals surface area contributed by atoms with E-state index in [0.717, 1.165) is 16.7 Å². The number of carbonyl (C=O) groups excluding carboxylic acids is 2. The molecule has 0 aromatic heterocycles. The molecule has 1 atom stereocenters. The van der Waals surface area contributed by atoms with Gasteiger partial charge in [0, 0.05) is 35.3 Å². The summed E-state index contributed by atoms with van der Waals surface area (Å²) in [6, 6.07) is 24.2. The lowest BCUT2D eigenvalue weighted by Gasteiger charge is -2.32. The zero-order valence-electron chi connectivity index (χ0n) is 20.6. The molecule has 0 saturated heterocycles. The Morgan fingerprint density at radius 1 is 0.833 bits per heavy atom. The number of nitrogens with zero attached hydrogens (tertiary/aromatic N) is 1. The normalized spacial score (nSPS) is 11.8. The second kappa shape index (κ2) is 14.3. The van der Waals surface area contributed by atoms with Gasteiger partial charge in [-0.1, -0.05) is 91.6 Å². The van der Waals surface area contributed by atoms with Crippen LogP contribution < -0.4 is 5.32 Å². The summed E-state index contributed by atoms with van der Waals surface area (Å²) in [5.74, 6) is 1.03. The number of amides is 2. The molecule has 3 aromatic carbocycles. The molecular formula is C29H32Cl2N2O2S. The van der Waals surface area contributed by atoms with E-state index in [2.05, 4.69) is 19.2 Å². The molecule has 2 amide bonds. The van der Waals surface area contributed by atoms with Crippen molar-refractivity contribution in [2.24, 2.45) is 5.92 Å². The van der Waals surface area contributed by atoms with Crippen molar-refractivity contribution in [2.75, 3.05) is 12.3 Å². The number of hydrogen-bond donors (Lipinski definition) is 1. The van der Waals surface area contributed by atoms with E-state index in [9.17, 15) is 9.59 Å².